The maximum atomic E-state index is 4.49. The van der Waals surface area contributed by atoms with Crippen LogP contribution >= 0.6 is 0 Å². The van der Waals surface area contributed by atoms with Crippen molar-refractivity contribution in [1.82, 2.24) is 24.9 Å². The van der Waals surface area contributed by atoms with E-state index in [-0.39, 0.29) is 0 Å². The van der Waals surface area contributed by atoms with Crippen LogP contribution in [0, 0.1) is 0 Å². The molecule has 3 aromatic heterocycles. The number of fused-ring (bicyclic) bond motifs is 1. The maximum Gasteiger partial charge on any atom is 0.164 e. The van der Waals surface area contributed by atoms with E-state index in [0.29, 0.717) is 0 Å². The van der Waals surface area contributed by atoms with Gasteiger partial charge in [-0.25, -0.2) is 24.9 Å². The number of rotatable bonds is 3. The van der Waals surface area contributed by atoms with Gasteiger partial charge >= 0.3 is 0 Å². The van der Waals surface area contributed by atoms with Crippen LogP contribution in [-0.2, 0) is 0 Å². The Hall–Kier alpha value is -3.03. The van der Waals surface area contributed by atoms with Crippen molar-refractivity contribution in [3.63, 3.8) is 0 Å². The average molecular weight is 336 g/mol. The predicted molar refractivity (Wildman–Crippen MR) is 98.1 cm³/mol. The minimum atomic E-state index is 0.737. The number of nitrogens with zero attached hydrogens (tertiary/aromatic N) is 8. The van der Waals surface area contributed by atoms with E-state index in [1.54, 1.807) is 18.9 Å². The molecule has 1 fully saturated rings. The van der Waals surface area contributed by atoms with Crippen molar-refractivity contribution in [2.24, 2.45) is 0 Å². The summed E-state index contributed by atoms with van der Waals surface area (Å²) in [6.45, 7) is 3.52. The Morgan fingerprint density at radius 3 is 2.44 bits per heavy atom. The second-order valence-corrected chi connectivity index (χ2v) is 6.17. The molecule has 0 bridgehead atoms. The Kier molecular flexibility index (Phi) is 4.01. The van der Waals surface area contributed by atoms with Crippen molar-refractivity contribution in [2.75, 3.05) is 55.0 Å². The van der Waals surface area contributed by atoms with Gasteiger partial charge in [-0.05, 0) is 12.1 Å². The van der Waals surface area contributed by atoms with Gasteiger partial charge < -0.3 is 14.7 Å². The molecule has 0 atom stereocenters. The van der Waals surface area contributed by atoms with Gasteiger partial charge in [0.15, 0.2) is 5.65 Å². The lowest BCUT2D eigenvalue weighted by Gasteiger charge is -2.36. The van der Waals surface area contributed by atoms with E-state index in [0.717, 1.165) is 54.7 Å². The Morgan fingerprint density at radius 1 is 0.880 bits per heavy atom. The van der Waals surface area contributed by atoms with Crippen LogP contribution in [0.1, 0.15) is 0 Å². The molecule has 0 saturated carbocycles. The highest BCUT2D eigenvalue weighted by Gasteiger charge is 2.21. The van der Waals surface area contributed by atoms with Gasteiger partial charge in [0.25, 0.3) is 0 Å². The fourth-order valence-corrected chi connectivity index (χ4v) is 3.04. The van der Waals surface area contributed by atoms with Crippen LogP contribution in [0.3, 0.4) is 0 Å². The molecule has 0 N–H and O–H groups in total. The molecule has 8 heteroatoms. The molecule has 3 aromatic rings. The monoisotopic (exact) mass is 336 g/mol. The van der Waals surface area contributed by atoms with E-state index < -0.39 is 0 Å². The number of anilines is 3. The third kappa shape index (κ3) is 3.02. The zero-order valence-corrected chi connectivity index (χ0v) is 14.4. The molecule has 1 aliphatic rings. The highest BCUT2D eigenvalue weighted by molar-refractivity contribution is 5.86. The molecule has 4 rings (SSSR count). The van der Waals surface area contributed by atoms with E-state index in [2.05, 4.69) is 34.7 Å². The second kappa shape index (κ2) is 6.46. The molecule has 0 radical (unpaired) electrons. The fraction of sp³-hybridized carbons (Fsp3) is 0.353. The van der Waals surface area contributed by atoms with E-state index in [1.165, 1.54) is 0 Å². The van der Waals surface area contributed by atoms with Gasteiger partial charge in [-0.3, -0.25) is 0 Å². The maximum absolute atomic E-state index is 4.49. The number of pyridine rings is 1. The first-order chi connectivity index (χ1) is 12.2. The van der Waals surface area contributed by atoms with E-state index in [1.807, 2.05) is 37.2 Å². The van der Waals surface area contributed by atoms with Crippen LogP contribution in [0.15, 0.2) is 37.1 Å². The first-order valence-corrected chi connectivity index (χ1v) is 8.27. The van der Waals surface area contributed by atoms with Crippen LogP contribution in [-0.4, -0.2) is 65.2 Å². The lowest BCUT2D eigenvalue weighted by atomic mass is 10.2. The highest BCUT2D eigenvalue weighted by atomic mass is 15.3. The molecule has 4 heterocycles. The molecule has 8 nitrogen and oxygen atoms in total. The van der Waals surface area contributed by atoms with Gasteiger partial charge in [0.1, 0.15) is 30.1 Å². The Balaban J connectivity index is 1.52. The molecule has 128 valence electrons. The third-order valence-electron chi connectivity index (χ3n) is 4.39. The smallest absolute Gasteiger partial charge is 0.164 e. The van der Waals surface area contributed by atoms with Gasteiger partial charge in [-0.1, -0.05) is 0 Å². The topological polar surface area (TPSA) is 74.2 Å². The summed E-state index contributed by atoms with van der Waals surface area (Å²) in [5.74, 6) is 2.84. The van der Waals surface area contributed by atoms with Crippen LogP contribution in [0.25, 0.3) is 11.0 Å². The summed E-state index contributed by atoms with van der Waals surface area (Å²) in [5, 5.41) is 0.996. The summed E-state index contributed by atoms with van der Waals surface area (Å²) in [4.78, 5) is 28.3. The summed E-state index contributed by atoms with van der Waals surface area (Å²) in [7, 11) is 3.97. The molecule has 0 spiro atoms. The molecule has 0 aromatic carbocycles. The Morgan fingerprint density at radius 2 is 1.64 bits per heavy atom. The Labute approximate surface area is 146 Å². The summed E-state index contributed by atoms with van der Waals surface area (Å²) in [6.07, 6.45) is 4.97. The average Bonchev–Trinajstić information content (AvgIpc) is 2.68. The zero-order chi connectivity index (χ0) is 17.2. The minimum absolute atomic E-state index is 0.737. The standard InChI is InChI=1S/C17H20N8/c1-23(2)14-10-15(20-11-19-14)24-6-8-25(9-7-24)17-13-4-3-5-18-16(13)21-12-22-17/h3-5,10-12H,6-9H2,1-2H3. The van der Waals surface area contributed by atoms with Crippen LogP contribution in [0.5, 0.6) is 0 Å². The van der Waals surface area contributed by atoms with Crippen molar-refractivity contribution in [2.45, 2.75) is 0 Å². The minimum Gasteiger partial charge on any atom is -0.363 e. The SMILES string of the molecule is CN(C)c1cc(N2CCN(c3ncnc4ncccc34)CC2)ncn1. The van der Waals surface area contributed by atoms with Crippen molar-refractivity contribution in [1.29, 1.82) is 0 Å². The summed E-state index contributed by atoms with van der Waals surface area (Å²) >= 11 is 0. The predicted octanol–water partition coefficient (Wildman–Crippen LogP) is 1.21. The van der Waals surface area contributed by atoms with Crippen molar-refractivity contribution < 1.29 is 0 Å². The van der Waals surface area contributed by atoms with Crippen LogP contribution < -0.4 is 14.7 Å². The van der Waals surface area contributed by atoms with E-state index >= 15 is 0 Å². The quantitative estimate of drug-likeness (QED) is 0.706. The van der Waals surface area contributed by atoms with Gasteiger partial charge in [0, 0.05) is 52.5 Å². The highest BCUT2D eigenvalue weighted by Crippen LogP contribution is 2.24. The first-order valence-electron chi connectivity index (χ1n) is 8.27. The zero-order valence-electron chi connectivity index (χ0n) is 14.4. The van der Waals surface area contributed by atoms with E-state index in [9.17, 15) is 0 Å². The largest absolute Gasteiger partial charge is 0.363 e. The number of hydrogen-bond donors (Lipinski definition) is 0. The molecule has 0 amide bonds. The number of hydrogen-bond acceptors (Lipinski definition) is 8. The van der Waals surface area contributed by atoms with Crippen molar-refractivity contribution in [3.05, 3.63) is 37.1 Å². The molecule has 0 unspecified atom stereocenters. The lowest BCUT2D eigenvalue weighted by Crippen LogP contribution is -2.47. The van der Waals surface area contributed by atoms with Crippen molar-refractivity contribution in [3.8, 4) is 0 Å². The van der Waals surface area contributed by atoms with Gasteiger partial charge in [0.2, 0.25) is 0 Å². The molecule has 0 aliphatic carbocycles. The number of piperazine rings is 1. The Bertz CT molecular complexity index is 868. The van der Waals surface area contributed by atoms with Gasteiger partial charge in [0.05, 0.1) is 5.39 Å². The van der Waals surface area contributed by atoms with Gasteiger partial charge in [-0.15, -0.1) is 0 Å². The normalized spacial score (nSPS) is 14.8. The summed E-state index contributed by atoms with van der Waals surface area (Å²) in [5.41, 5.74) is 0.737. The molecular weight excluding hydrogens is 316 g/mol. The van der Waals surface area contributed by atoms with E-state index in [4.69, 9.17) is 0 Å². The second-order valence-electron chi connectivity index (χ2n) is 6.17. The lowest BCUT2D eigenvalue weighted by molar-refractivity contribution is 0.642. The van der Waals surface area contributed by atoms with Crippen molar-refractivity contribution >= 4 is 28.5 Å². The first kappa shape index (κ1) is 15.5. The van der Waals surface area contributed by atoms with Crippen LogP contribution in [0.4, 0.5) is 17.5 Å². The summed E-state index contributed by atoms with van der Waals surface area (Å²) < 4.78 is 0. The molecule has 25 heavy (non-hydrogen) atoms. The third-order valence-corrected chi connectivity index (χ3v) is 4.39. The summed E-state index contributed by atoms with van der Waals surface area (Å²) in [6, 6.07) is 5.98. The fourth-order valence-electron chi connectivity index (χ4n) is 3.04. The number of aromatic nitrogens is 5. The molecular formula is C17H20N8. The molecule has 1 aliphatic heterocycles. The van der Waals surface area contributed by atoms with Crippen LogP contribution in [0.2, 0.25) is 0 Å². The molecule has 1 saturated heterocycles. The van der Waals surface area contributed by atoms with Gasteiger partial charge in [-0.2, -0.15) is 0 Å².